The summed E-state index contributed by atoms with van der Waals surface area (Å²) in [7, 11) is 0. The van der Waals surface area contributed by atoms with Gasteiger partial charge in [-0.15, -0.1) is 0 Å². The number of rotatable bonds is 31. The lowest BCUT2D eigenvalue weighted by Gasteiger charge is -2.42. The van der Waals surface area contributed by atoms with Crippen molar-refractivity contribution in [2.45, 2.75) is 156 Å². The molecule has 0 saturated carbocycles. The van der Waals surface area contributed by atoms with E-state index in [2.05, 4.69) is 19.1 Å². The van der Waals surface area contributed by atoms with Crippen LogP contribution in [0.5, 0.6) is 0 Å². The minimum atomic E-state index is -0.939. The summed E-state index contributed by atoms with van der Waals surface area (Å²) >= 11 is 0. The number of unbranched alkanes of at least 4 members (excludes halogenated alkanes) is 18. The lowest BCUT2D eigenvalue weighted by Crippen LogP contribution is -2.57. The zero-order valence-corrected chi connectivity index (χ0v) is 28.4. The fourth-order valence-electron chi connectivity index (χ4n) is 6.23. The smallest absolute Gasteiger partial charge is 0.311 e. The van der Waals surface area contributed by atoms with Crippen molar-refractivity contribution in [1.82, 2.24) is 0 Å². The molecule has 7 heteroatoms. The van der Waals surface area contributed by atoms with Crippen molar-refractivity contribution < 1.29 is 34.2 Å². The van der Waals surface area contributed by atoms with Crippen LogP contribution in [0.25, 0.3) is 0 Å². The number of hydrogen-bond acceptors (Lipinski definition) is 3. The SMILES string of the molecule is CCCCCCCCCCCCCCCCCC/C=C/CCCC[N+](CC(C)C(=O)O)(CC(C)C(=O)O)CC(C)C(=O)O. The second-order valence-electron chi connectivity index (χ2n) is 13.4. The van der Waals surface area contributed by atoms with Crippen LogP contribution in [0.2, 0.25) is 0 Å². The van der Waals surface area contributed by atoms with Crippen LogP contribution in [0.4, 0.5) is 0 Å². The maximum atomic E-state index is 11.6. The third-order valence-electron chi connectivity index (χ3n) is 8.89. The molecule has 0 aromatic heterocycles. The largest absolute Gasteiger partial charge is 0.481 e. The monoisotopic (exact) mass is 611 g/mol. The predicted molar refractivity (Wildman–Crippen MR) is 177 cm³/mol. The molecule has 3 N–H and O–H groups in total. The van der Waals surface area contributed by atoms with Crippen LogP contribution in [0, 0.1) is 17.8 Å². The third-order valence-corrected chi connectivity index (χ3v) is 8.89. The highest BCUT2D eigenvalue weighted by atomic mass is 16.4. The molecule has 0 aromatic rings. The van der Waals surface area contributed by atoms with E-state index in [1.54, 1.807) is 20.8 Å². The van der Waals surface area contributed by atoms with E-state index in [0.717, 1.165) is 25.7 Å². The molecular weight excluding hydrogens is 542 g/mol. The van der Waals surface area contributed by atoms with E-state index in [-0.39, 0.29) is 24.1 Å². The van der Waals surface area contributed by atoms with Gasteiger partial charge in [0.25, 0.3) is 0 Å². The van der Waals surface area contributed by atoms with Crippen molar-refractivity contribution in [3.05, 3.63) is 12.2 Å². The Hall–Kier alpha value is -1.89. The van der Waals surface area contributed by atoms with E-state index in [1.807, 2.05) is 0 Å². The standard InChI is InChI=1S/C36H67NO6/c1-5-6-7-8-9-10-11-12-13-14-15-16-17-18-19-20-21-22-23-24-25-26-27-37(28-31(2)34(38)39,29-32(3)35(40)41)30-33(4)36(42)43/h22-23,31-33H,5-21,24-30H2,1-4H3,(H2-,38,39,40,41,42,43)/p+1/b23-22+. The topological polar surface area (TPSA) is 112 Å². The summed E-state index contributed by atoms with van der Waals surface area (Å²) < 4.78 is 0.206. The number of carbonyl (C=O) groups is 3. The van der Waals surface area contributed by atoms with Crippen LogP contribution in [0.3, 0.4) is 0 Å². The molecule has 0 bridgehead atoms. The molecule has 3 atom stereocenters. The highest BCUT2D eigenvalue weighted by Crippen LogP contribution is 2.22. The van der Waals surface area contributed by atoms with Crippen LogP contribution < -0.4 is 0 Å². The van der Waals surface area contributed by atoms with Crippen molar-refractivity contribution in [1.29, 1.82) is 0 Å². The van der Waals surface area contributed by atoms with E-state index >= 15 is 0 Å². The molecule has 0 spiro atoms. The molecule has 0 rings (SSSR count). The summed E-state index contributed by atoms with van der Waals surface area (Å²) in [5.74, 6) is -4.86. The molecule has 0 aliphatic carbocycles. The highest BCUT2D eigenvalue weighted by Gasteiger charge is 2.38. The van der Waals surface area contributed by atoms with Gasteiger partial charge in [0.15, 0.2) is 0 Å². The van der Waals surface area contributed by atoms with Gasteiger partial charge in [-0.25, -0.2) is 0 Å². The van der Waals surface area contributed by atoms with Crippen LogP contribution in [-0.2, 0) is 14.4 Å². The molecule has 0 aliphatic heterocycles. The van der Waals surface area contributed by atoms with Gasteiger partial charge in [-0.1, -0.05) is 115 Å². The van der Waals surface area contributed by atoms with Gasteiger partial charge in [-0.3, -0.25) is 14.4 Å². The van der Waals surface area contributed by atoms with Crippen molar-refractivity contribution >= 4 is 17.9 Å². The van der Waals surface area contributed by atoms with Gasteiger partial charge in [-0.2, -0.15) is 0 Å². The second kappa shape index (κ2) is 26.5. The molecule has 7 nitrogen and oxygen atoms in total. The zero-order valence-electron chi connectivity index (χ0n) is 28.4. The fourth-order valence-corrected chi connectivity index (χ4v) is 6.23. The minimum Gasteiger partial charge on any atom is -0.481 e. The molecule has 43 heavy (non-hydrogen) atoms. The molecule has 0 amide bonds. The van der Waals surface area contributed by atoms with Crippen molar-refractivity contribution in [2.24, 2.45) is 17.8 Å². The molecule has 0 radical (unpaired) electrons. The van der Waals surface area contributed by atoms with Crippen molar-refractivity contribution in [3.8, 4) is 0 Å². The fraction of sp³-hybridized carbons (Fsp3) is 0.861. The molecule has 0 fully saturated rings. The zero-order chi connectivity index (χ0) is 32.3. The number of quaternary nitrogens is 1. The molecule has 3 unspecified atom stereocenters. The molecule has 0 heterocycles. The first kappa shape index (κ1) is 41.1. The van der Waals surface area contributed by atoms with E-state index in [9.17, 15) is 29.7 Å². The first-order valence-corrected chi connectivity index (χ1v) is 17.7. The second-order valence-corrected chi connectivity index (χ2v) is 13.4. The average Bonchev–Trinajstić information content (AvgIpc) is 2.95. The maximum Gasteiger partial charge on any atom is 0.311 e. The third kappa shape index (κ3) is 23.2. The van der Waals surface area contributed by atoms with Gasteiger partial charge in [0.2, 0.25) is 0 Å². The summed E-state index contributed by atoms with van der Waals surface area (Å²) in [5, 5.41) is 28.6. The number of aliphatic carboxylic acids is 3. The van der Waals surface area contributed by atoms with Gasteiger partial charge in [0.1, 0.15) is 17.8 Å². The quantitative estimate of drug-likeness (QED) is 0.0410. The Bertz CT molecular complexity index is 697. The summed E-state index contributed by atoms with van der Waals surface area (Å²) in [4.78, 5) is 34.9. The normalized spacial score (nSPS) is 15.3. The van der Waals surface area contributed by atoms with E-state index in [1.165, 1.54) is 103 Å². The maximum absolute atomic E-state index is 11.6. The Morgan fingerprint density at radius 3 is 1.07 bits per heavy atom. The Morgan fingerprint density at radius 2 is 0.767 bits per heavy atom. The van der Waals surface area contributed by atoms with Gasteiger partial charge < -0.3 is 19.8 Å². The van der Waals surface area contributed by atoms with E-state index in [0.29, 0.717) is 6.54 Å². The van der Waals surface area contributed by atoms with Crippen LogP contribution in [-0.4, -0.2) is 63.9 Å². The molecular formula is C36H68NO6+. The number of nitrogens with zero attached hydrogens (tertiary/aromatic N) is 1. The van der Waals surface area contributed by atoms with Crippen LogP contribution in [0.1, 0.15) is 156 Å². The number of carboxylic acids is 3. The van der Waals surface area contributed by atoms with E-state index in [4.69, 9.17) is 0 Å². The summed E-state index contributed by atoms with van der Waals surface area (Å²) in [6.45, 7) is 8.42. The van der Waals surface area contributed by atoms with Gasteiger partial charge >= 0.3 is 17.9 Å². The van der Waals surface area contributed by atoms with Crippen molar-refractivity contribution in [2.75, 3.05) is 26.2 Å². The Kier molecular flexibility index (Phi) is 25.3. The van der Waals surface area contributed by atoms with E-state index < -0.39 is 35.7 Å². The lowest BCUT2D eigenvalue weighted by atomic mass is 10.0. The molecule has 0 aromatic carbocycles. The summed E-state index contributed by atoms with van der Waals surface area (Å²) in [6, 6.07) is 0. The van der Waals surface area contributed by atoms with Crippen LogP contribution in [0.15, 0.2) is 12.2 Å². The number of allylic oxidation sites excluding steroid dienone is 2. The van der Waals surface area contributed by atoms with Gasteiger partial charge in [0.05, 0.1) is 26.2 Å². The summed E-state index contributed by atoms with van der Waals surface area (Å²) in [5.41, 5.74) is 0. The number of hydrogen-bond donors (Lipinski definition) is 3. The van der Waals surface area contributed by atoms with Gasteiger partial charge in [0, 0.05) is 0 Å². The Morgan fingerprint density at radius 1 is 0.488 bits per heavy atom. The van der Waals surface area contributed by atoms with Gasteiger partial charge in [-0.05, 0) is 52.9 Å². The average molecular weight is 611 g/mol. The highest BCUT2D eigenvalue weighted by molar-refractivity contribution is 5.70. The summed E-state index contributed by atoms with van der Waals surface area (Å²) in [6.07, 6.45) is 30.2. The number of carboxylic acid groups (broad SMARTS) is 3. The Balaban J connectivity index is 4.19. The lowest BCUT2D eigenvalue weighted by molar-refractivity contribution is -0.934. The van der Waals surface area contributed by atoms with Crippen LogP contribution >= 0.6 is 0 Å². The Labute approximate surface area is 264 Å². The predicted octanol–water partition coefficient (Wildman–Crippen LogP) is 9.34. The first-order valence-electron chi connectivity index (χ1n) is 17.7. The first-order chi connectivity index (χ1) is 20.5. The molecule has 0 saturated heterocycles. The van der Waals surface area contributed by atoms with Crippen molar-refractivity contribution in [3.63, 3.8) is 0 Å². The minimum absolute atomic E-state index is 0.206. The molecule has 252 valence electrons. The molecule has 0 aliphatic rings.